The van der Waals surface area contributed by atoms with Crippen molar-refractivity contribution in [2.45, 2.75) is 26.7 Å². The van der Waals surface area contributed by atoms with Crippen LogP contribution in [0.5, 0.6) is 0 Å². The highest BCUT2D eigenvalue weighted by atomic mass is 32.1. The van der Waals surface area contributed by atoms with Crippen molar-refractivity contribution < 1.29 is 9.59 Å². The van der Waals surface area contributed by atoms with Gasteiger partial charge >= 0.3 is 0 Å². The van der Waals surface area contributed by atoms with Gasteiger partial charge in [-0.25, -0.2) is 4.98 Å². The third kappa shape index (κ3) is 5.04. The molecule has 1 aromatic rings. The Balaban J connectivity index is 2.46. The number of amides is 2. The monoisotopic (exact) mass is 299 g/mol. The van der Waals surface area contributed by atoms with Crippen molar-refractivity contribution in [3.8, 4) is 0 Å². The third-order valence-corrected chi connectivity index (χ3v) is 3.43. The number of anilines is 2. The van der Waals surface area contributed by atoms with Gasteiger partial charge in [0.2, 0.25) is 5.91 Å². The van der Waals surface area contributed by atoms with E-state index in [4.69, 9.17) is 5.73 Å². The van der Waals surface area contributed by atoms with Gasteiger partial charge in [0.05, 0.1) is 0 Å². The minimum absolute atomic E-state index is 0.0876. The molecule has 0 aliphatic carbocycles. The van der Waals surface area contributed by atoms with Crippen LogP contribution in [0.1, 0.15) is 36.4 Å². The van der Waals surface area contributed by atoms with Crippen molar-refractivity contribution in [3.05, 3.63) is 4.88 Å². The number of carbonyl (C=O) groups excluding carboxylic acids is 2. The molecule has 1 rings (SSSR count). The van der Waals surface area contributed by atoms with Gasteiger partial charge in [-0.05, 0) is 13.3 Å². The number of nitrogens with one attached hydrogen (secondary N) is 3. The zero-order chi connectivity index (χ0) is 15.0. The van der Waals surface area contributed by atoms with E-state index in [0.717, 1.165) is 13.0 Å². The van der Waals surface area contributed by atoms with E-state index in [1.807, 2.05) is 13.8 Å². The van der Waals surface area contributed by atoms with Crippen LogP contribution < -0.4 is 21.7 Å². The average molecular weight is 299 g/mol. The summed E-state index contributed by atoms with van der Waals surface area (Å²) >= 11 is 1.22. The molecule has 20 heavy (non-hydrogen) atoms. The molecule has 1 heterocycles. The molecule has 0 aliphatic heterocycles. The zero-order valence-electron chi connectivity index (χ0n) is 11.8. The molecule has 0 radical (unpaired) electrons. The summed E-state index contributed by atoms with van der Waals surface area (Å²) in [6.45, 7) is 5.53. The predicted octanol–water partition coefficient (Wildman–Crippen LogP) is 0.803. The second-order valence-corrected chi connectivity index (χ2v) is 5.12. The smallest absolute Gasteiger partial charge is 0.265 e. The maximum atomic E-state index is 11.9. The number of aromatic nitrogens is 1. The van der Waals surface area contributed by atoms with E-state index in [1.54, 1.807) is 0 Å². The molecule has 0 aliphatic rings. The molecule has 0 saturated heterocycles. The van der Waals surface area contributed by atoms with E-state index in [-0.39, 0.29) is 30.6 Å². The van der Waals surface area contributed by atoms with Crippen molar-refractivity contribution in [2.75, 3.05) is 30.7 Å². The van der Waals surface area contributed by atoms with Crippen LogP contribution in [0.15, 0.2) is 0 Å². The molecule has 5 N–H and O–H groups in total. The first-order chi connectivity index (χ1) is 9.58. The fraction of sp³-hybridized carbons (Fsp3) is 0.583. The summed E-state index contributed by atoms with van der Waals surface area (Å²) in [5, 5.41) is 9.05. The van der Waals surface area contributed by atoms with E-state index in [1.165, 1.54) is 11.3 Å². The molecule has 2 amide bonds. The zero-order valence-corrected chi connectivity index (χ0v) is 12.6. The van der Waals surface area contributed by atoms with Gasteiger partial charge in [-0.15, -0.1) is 0 Å². The number of hydrogen-bond acceptors (Lipinski definition) is 6. The number of nitrogens with zero attached hydrogens (tertiary/aromatic N) is 1. The maximum Gasteiger partial charge on any atom is 0.265 e. The highest BCUT2D eigenvalue weighted by Crippen LogP contribution is 2.24. The van der Waals surface area contributed by atoms with Gasteiger partial charge in [-0.2, -0.15) is 0 Å². The quantitative estimate of drug-likeness (QED) is 0.568. The fourth-order valence-electron chi connectivity index (χ4n) is 1.46. The standard InChI is InChI=1S/C12H21N5O2S/c1-3-6-16-12-17-10(13)9(20-12)11(19)15-7-5-8(18)14-4-2/h3-7,13H2,1-2H3,(H,14,18)(H,15,19)(H,16,17). The molecule has 8 heteroatoms. The lowest BCUT2D eigenvalue weighted by molar-refractivity contribution is -0.120. The Morgan fingerprint density at radius 1 is 1.25 bits per heavy atom. The lowest BCUT2D eigenvalue weighted by Crippen LogP contribution is -2.30. The number of hydrogen-bond donors (Lipinski definition) is 4. The normalized spacial score (nSPS) is 10.1. The van der Waals surface area contributed by atoms with Crippen molar-refractivity contribution in [3.63, 3.8) is 0 Å². The van der Waals surface area contributed by atoms with Gasteiger partial charge in [-0.1, -0.05) is 18.3 Å². The van der Waals surface area contributed by atoms with Crippen LogP contribution in [0.25, 0.3) is 0 Å². The summed E-state index contributed by atoms with van der Waals surface area (Å²) in [7, 11) is 0. The summed E-state index contributed by atoms with van der Waals surface area (Å²) in [4.78, 5) is 27.6. The largest absolute Gasteiger partial charge is 0.382 e. The highest BCUT2D eigenvalue weighted by molar-refractivity contribution is 7.18. The molecule has 7 nitrogen and oxygen atoms in total. The predicted molar refractivity (Wildman–Crippen MR) is 80.9 cm³/mol. The second kappa shape index (κ2) is 8.36. The van der Waals surface area contributed by atoms with Crippen molar-refractivity contribution in [2.24, 2.45) is 0 Å². The number of nitrogen functional groups attached to an aromatic ring is 1. The van der Waals surface area contributed by atoms with Crippen LogP contribution in [0.3, 0.4) is 0 Å². The van der Waals surface area contributed by atoms with E-state index in [0.29, 0.717) is 16.6 Å². The molecule has 1 aromatic heterocycles. The topological polar surface area (TPSA) is 109 Å². The van der Waals surface area contributed by atoms with Gasteiger partial charge in [0, 0.05) is 26.1 Å². The molecule has 0 saturated carbocycles. The Morgan fingerprint density at radius 2 is 2.00 bits per heavy atom. The number of rotatable bonds is 8. The number of thiazole rings is 1. The highest BCUT2D eigenvalue weighted by Gasteiger charge is 2.15. The molecule has 0 bridgehead atoms. The van der Waals surface area contributed by atoms with Gasteiger partial charge in [-0.3, -0.25) is 9.59 Å². The second-order valence-electron chi connectivity index (χ2n) is 4.12. The maximum absolute atomic E-state index is 11.9. The molecule has 0 unspecified atom stereocenters. The summed E-state index contributed by atoms with van der Waals surface area (Å²) in [5.74, 6) is -0.173. The Morgan fingerprint density at radius 3 is 2.65 bits per heavy atom. The van der Waals surface area contributed by atoms with E-state index in [2.05, 4.69) is 20.9 Å². The number of nitrogens with two attached hydrogens (primary N) is 1. The molecule has 0 spiro atoms. The Labute approximate surface area is 122 Å². The van der Waals surface area contributed by atoms with Crippen LogP contribution in [0.2, 0.25) is 0 Å². The van der Waals surface area contributed by atoms with Crippen molar-refractivity contribution >= 4 is 34.1 Å². The Bertz CT molecular complexity index is 461. The van der Waals surface area contributed by atoms with Gasteiger partial charge in [0.1, 0.15) is 10.7 Å². The molecular formula is C12H21N5O2S. The van der Waals surface area contributed by atoms with E-state index < -0.39 is 0 Å². The van der Waals surface area contributed by atoms with Crippen LogP contribution in [0, 0.1) is 0 Å². The molecule has 0 fully saturated rings. The summed E-state index contributed by atoms with van der Waals surface area (Å²) in [6.07, 6.45) is 1.22. The SMILES string of the molecule is CCCNc1nc(N)c(C(=O)NCCC(=O)NCC)s1. The molecule has 112 valence electrons. The van der Waals surface area contributed by atoms with E-state index >= 15 is 0 Å². The van der Waals surface area contributed by atoms with E-state index in [9.17, 15) is 9.59 Å². The van der Waals surface area contributed by atoms with Gasteiger partial charge in [0.15, 0.2) is 5.13 Å². The Kier molecular flexibility index (Phi) is 6.78. The van der Waals surface area contributed by atoms with Crippen molar-refractivity contribution in [1.82, 2.24) is 15.6 Å². The average Bonchev–Trinajstić information content (AvgIpc) is 2.78. The summed E-state index contributed by atoms with van der Waals surface area (Å²) in [6, 6.07) is 0. The van der Waals surface area contributed by atoms with Crippen LogP contribution in [-0.4, -0.2) is 36.4 Å². The van der Waals surface area contributed by atoms with Crippen LogP contribution >= 0.6 is 11.3 Å². The minimum atomic E-state index is -0.297. The third-order valence-electron chi connectivity index (χ3n) is 2.40. The first kappa shape index (κ1) is 16.2. The lowest BCUT2D eigenvalue weighted by Gasteiger charge is -2.04. The Hall–Kier alpha value is -1.83. The van der Waals surface area contributed by atoms with Crippen LogP contribution in [0.4, 0.5) is 10.9 Å². The summed E-state index contributed by atoms with van der Waals surface area (Å²) in [5.41, 5.74) is 5.71. The van der Waals surface area contributed by atoms with Crippen LogP contribution in [-0.2, 0) is 4.79 Å². The van der Waals surface area contributed by atoms with Gasteiger partial charge < -0.3 is 21.7 Å². The fourth-order valence-corrected chi connectivity index (χ4v) is 2.28. The van der Waals surface area contributed by atoms with Crippen molar-refractivity contribution in [1.29, 1.82) is 0 Å². The molecular weight excluding hydrogens is 278 g/mol. The lowest BCUT2D eigenvalue weighted by atomic mass is 10.3. The molecule has 0 atom stereocenters. The first-order valence-corrected chi connectivity index (χ1v) is 7.45. The summed E-state index contributed by atoms with van der Waals surface area (Å²) < 4.78 is 0. The first-order valence-electron chi connectivity index (χ1n) is 6.63. The van der Waals surface area contributed by atoms with Gasteiger partial charge in [0.25, 0.3) is 5.91 Å². The molecule has 0 aromatic carbocycles. The number of carbonyl (C=O) groups is 2. The minimum Gasteiger partial charge on any atom is -0.382 e.